The summed E-state index contributed by atoms with van der Waals surface area (Å²) in [5, 5.41) is 7.41. The molecule has 1 aromatic rings. The van der Waals surface area contributed by atoms with Crippen LogP contribution in [0.15, 0.2) is 18.2 Å². The second-order valence-electron chi connectivity index (χ2n) is 6.18. The molecule has 0 aromatic heterocycles. The first kappa shape index (κ1) is 15.4. The van der Waals surface area contributed by atoms with Gasteiger partial charge in [-0.1, -0.05) is 19.8 Å². The molecule has 0 amide bonds. The molecule has 0 saturated heterocycles. The van der Waals surface area contributed by atoms with Crippen molar-refractivity contribution in [1.29, 1.82) is 0 Å². The lowest BCUT2D eigenvalue weighted by Crippen LogP contribution is -2.43. The van der Waals surface area contributed by atoms with Gasteiger partial charge in [0.25, 0.3) is 0 Å². The minimum atomic E-state index is 0.481. The smallest absolute Gasteiger partial charge is 0.171 e. The van der Waals surface area contributed by atoms with Crippen molar-refractivity contribution in [3.05, 3.63) is 18.2 Å². The summed E-state index contributed by atoms with van der Waals surface area (Å²) in [6.07, 6.45) is 6.02. The Hall–Kier alpha value is -1.49. The van der Waals surface area contributed by atoms with Gasteiger partial charge in [-0.3, -0.25) is 0 Å². The van der Waals surface area contributed by atoms with Crippen molar-refractivity contribution in [1.82, 2.24) is 5.32 Å². The average molecular weight is 320 g/mol. The van der Waals surface area contributed by atoms with Gasteiger partial charge in [0, 0.05) is 24.2 Å². The first-order chi connectivity index (χ1) is 10.7. The number of fused-ring (bicyclic) bond motifs is 1. The summed E-state index contributed by atoms with van der Waals surface area (Å²) in [5.41, 5.74) is 0.935. The average Bonchev–Trinajstić information content (AvgIpc) is 2.74. The van der Waals surface area contributed by atoms with Crippen molar-refractivity contribution in [2.45, 2.75) is 45.1 Å². The molecule has 0 unspecified atom stereocenters. The van der Waals surface area contributed by atoms with Gasteiger partial charge in [0.1, 0.15) is 0 Å². The van der Waals surface area contributed by atoms with E-state index in [1.54, 1.807) is 0 Å². The third kappa shape index (κ3) is 3.83. The van der Waals surface area contributed by atoms with Crippen LogP contribution < -0.4 is 20.1 Å². The maximum absolute atomic E-state index is 5.71. The lowest BCUT2D eigenvalue weighted by Gasteiger charge is -2.30. The van der Waals surface area contributed by atoms with Gasteiger partial charge < -0.3 is 20.1 Å². The zero-order chi connectivity index (χ0) is 15.4. The molecule has 120 valence electrons. The molecule has 2 aliphatic rings. The minimum Gasteiger partial charge on any atom is -0.490 e. The monoisotopic (exact) mass is 320 g/mol. The first-order valence-electron chi connectivity index (χ1n) is 8.19. The highest BCUT2D eigenvalue weighted by molar-refractivity contribution is 7.80. The minimum absolute atomic E-state index is 0.481. The molecule has 0 spiro atoms. The fourth-order valence-corrected chi connectivity index (χ4v) is 3.38. The predicted molar refractivity (Wildman–Crippen MR) is 92.8 cm³/mol. The Kier molecular flexibility index (Phi) is 5.03. The van der Waals surface area contributed by atoms with Crippen LogP contribution in [0.3, 0.4) is 0 Å². The number of benzene rings is 1. The van der Waals surface area contributed by atoms with Crippen molar-refractivity contribution < 1.29 is 9.47 Å². The van der Waals surface area contributed by atoms with E-state index < -0.39 is 0 Å². The van der Waals surface area contributed by atoms with Crippen LogP contribution in [0.2, 0.25) is 0 Å². The molecule has 2 atom stereocenters. The molecule has 1 aliphatic carbocycles. The zero-order valence-electron chi connectivity index (χ0n) is 13.1. The molecule has 1 aliphatic heterocycles. The van der Waals surface area contributed by atoms with E-state index >= 15 is 0 Å². The van der Waals surface area contributed by atoms with E-state index in [1.165, 1.54) is 25.7 Å². The summed E-state index contributed by atoms with van der Waals surface area (Å²) in [4.78, 5) is 0. The summed E-state index contributed by atoms with van der Waals surface area (Å²) in [7, 11) is 0. The molecular weight excluding hydrogens is 296 g/mol. The molecule has 1 fully saturated rings. The van der Waals surface area contributed by atoms with E-state index in [2.05, 4.69) is 17.6 Å². The van der Waals surface area contributed by atoms with Gasteiger partial charge in [0.2, 0.25) is 0 Å². The molecule has 3 rings (SSSR count). The topological polar surface area (TPSA) is 42.5 Å². The molecule has 2 N–H and O–H groups in total. The Labute approximate surface area is 137 Å². The van der Waals surface area contributed by atoms with Crippen molar-refractivity contribution in [2.24, 2.45) is 5.92 Å². The molecule has 5 heteroatoms. The van der Waals surface area contributed by atoms with Crippen LogP contribution in [-0.2, 0) is 0 Å². The van der Waals surface area contributed by atoms with Crippen LogP contribution in [0.1, 0.15) is 39.0 Å². The van der Waals surface area contributed by atoms with Crippen LogP contribution in [0.5, 0.6) is 11.5 Å². The van der Waals surface area contributed by atoms with Crippen molar-refractivity contribution in [3.8, 4) is 11.5 Å². The van der Waals surface area contributed by atoms with E-state index in [-0.39, 0.29) is 0 Å². The van der Waals surface area contributed by atoms with Gasteiger partial charge in [0.15, 0.2) is 16.6 Å². The summed E-state index contributed by atoms with van der Waals surface area (Å²) in [6.45, 7) is 3.70. The van der Waals surface area contributed by atoms with Crippen molar-refractivity contribution in [2.75, 3.05) is 18.5 Å². The Morgan fingerprint density at radius 1 is 1.09 bits per heavy atom. The Balaban J connectivity index is 1.60. The number of anilines is 1. The largest absolute Gasteiger partial charge is 0.490 e. The number of hydrogen-bond donors (Lipinski definition) is 2. The maximum atomic E-state index is 5.71. The van der Waals surface area contributed by atoms with E-state index in [1.807, 2.05) is 18.2 Å². The van der Waals surface area contributed by atoms with Crippen LogP contribution in [0.4, 0.5) is 5.69 Å². The molecule has 4 nitrogen and oxygen atoms in total. The van der Waals surface area contributed by atoms with Crippen molar-refractivity contribution >= 4 is 23.0 Å². The van der Waals surface area contributed by atoms with Gasteiger partial charge in [-0.05, 0) is 43.1 Å². The highest BCUT2D eigenvalue weighted by Crippen LogP contribution is 2.32. The number of ether oxygens (including phenoxy) is 2. The molecule has 22 heavy (non-hydrogen) atoms. The van der Waals surface area contributed by atoms with E-state index in [9.17, 15) is 0 Å². The molecule has 1 saturated carbocycles. The van der Waals surface area contributed by atoms with Crippen LogP contribution in [-0.4, -0.2) is 24.4 Å². The molecule has 1 heterocycles. The number of nitrogens with one attached hydrogen (secondary N) is 2. The maximum Gasteiger partial charge on any atom is 0.171 e. The molecule has 0 radical (unpaired) electrons. The van der Waals surface area contributed by atoms with E-state index in [0.717, 1.165) is 23.6 Å². The third-order valence-corrected chi connectivity index (χ3v) is 4.65. The third-order valence-electron chi connectivity index (χ3n) is 4.43. The SMILES string of the molecule is C[C@H]1CCCC[C@H]1NC(=S)Nc1ccc2c(c1)OCCCO2. The second-order valence-corrected chi connectivity index (χ2v) is 6.59. The summed E-state index contributed by atoms with van der Waals surface area (Å²) in [5.74, 6) is 2.27. The van der Waals surface area contributed by atoms with Gasteiger partial charge in [-0.25, -0.2) is 0 Å². The van der Waals surface area contributed by atoms with E-state index in [4.69, 9.17) is 21.7 Å². The van der Waals surface area contributed by atoms with Gasteiger partial charge in [-0.15, -0.1) is 0 Å². The Bertz CT molecular complexity index is 535. The fraction of sp³-hybridized carbons (Fsp3) is 0.588. The normalized spacial score (nSPS) is 24.2. The standard InChI is InChI=1S/C17H24N2O2S/c1-12-5-2-3-6-14(12)19-17(22)18-13-7-8-15-16(11-13)21-10-4-9-20-15/h7-8,11-12,14H,2-6,9-10H2,1H3,(H2,18,19,22)/t12-,14+/m0/s1. The fourth-order valence-electron chi connectivity index (χ4n) is 3.11. The Morgan fingerprint density at radius 3 is 2.68 bits per heavy atom. The number of rotatable bonds is 2. The zero-order valence-corrected chi connectivity index (χ0v) is 13.9. The summed E-state index contributed by atoms with van der Waals surface area (Å²) in [6, 6.07) is 6.36. The van der Waals surface area contributed by atoms with Gasteiger partial charge >= 0.3 is 0 Å². The lowest BCUT2D eigenvalue weighted by molar-refractivity contribution is 0.297. The van der Waals surface area contributed by atoms with Crippen molar-refractivity contribution in [3.63, 3.8) is 0 Å². The van der Waals surface area contributed by atoms with Gasteiger partial charge in [0.05, 0.1) is 13.2 Å². The first-order valence-corrected chi connectivity index (χ1v) is 8.60. The highest BCUT2D eigenvalue weighted by atomic mass is 32.1. The van der Waals surface area contributed by atoms with Crippen LogP contribution >= 0.6 is 12.2 Å². The van der Waals surface area contributed by atoms with Crippen LogP contribution in [0, 0.1) is 5.92 Å². The molecule has 1 aromatic carbocycles. The Morgan fingerprint density at radius 2 is 1.86 bits per heavy atom. The van der Waals surface area contributed by atoms with Gasteiger partial charge in [-0.2, -0.15) is 0 Å². The van der Waals surface area contributed by atoms with E-state index in [0.29, 0.717) is 30.3 Å². The van der Waals surface area contributed by atoms with Crippen LogP contribution in [0.25, 0.3) is 0 Å². The predicted octanol–water partition coefficient (Wildman–Crippen LogP) is 3.71. The summed E-state index contributed by atoms with van der Waals surface area (Å²) < 4.78 is 11.4. The quantitative estimate of drug-likeness (QED) is 0.813. The second kappa shape index (κ2) is 7.18. The molecular formula is C17H24N2O2S. The number of thiocarbonyl (C=S) groups is 1. The highest BCUT2D eigenvalue weighted by Gasteiger charge is 2.21. The summed E-state index contributed by atoms with van der Waals surface area (Å²) >= 11 is 5.46. The molecule has 0 bridgehead atoms. The lowest BCUT2D eigenvalue weighted by atomic mass is 9.86. The number of hydrogen-bond acceptors (Lipinski definition) is 3.